The van der Waals surface area contributed by atoms with Gasteiger partial charge in [0, 0.05) is 17.9 Å². The fourth-order valence-corrected chi connectivity index (χ4v) is 1.43. The van der Waals surface area contributed by atoms with Gasteiger partial charge in [-0.25, -0.2) is 4.79 Å². The number of nitrogens with zero attached hydrogens (tertiary/aromatic N) is 1. The lowest BCUT2D eigenvalue weighted by molar-refractivity contribution is -0.119. The van der Waals surface area contributed by atoms with E-state index in [0.717, 1.165) is 0 Å². The maximum atomic E-state index is 11.5. The van der Waals surface area contributed by atoms with E-state index in [-0.39, 0.29) is 24.1 Å². The first kappa shape index (κ1) is 14.0. The van der Waals surface area contributed by atoms with Crippen molar-refractivity contribution < 1.29 is 14.7 Å². The summed E-state index contributed by atoms with van der Waals surface area (Å²) in [6, 6.07) is 1.66. The zero-order valence-corrected chi connectivity index (χ0v) is 10.7. The van der Waals surface area contributed by atoms with Crippen molar-refractivity contribution in [2.75, 3.05) is 11.9 Å². The van der Waals surface area contributed by atoms with Crippen LogP contribution in [-0.2, 0) is 4.79 Å². The highest BCUT2D eigenvalue weighted by Crippen LogP contribution is 2.15. The molecule has 1 rings (SSSR count). The third-order valence-electron chi connectivity index (χ3n) is 2.16. The van der Waals surface area contributed by atoms with Gasteiger partial charge >= 0.3 is 5.97 Å². The van der Waals surface area contributed by atoms with E-state index in [1.807, 2.05) is 13.8 Å². The molecule has 0 aromatic carbocycles. The number of pyridine rings is 1. The van der Waals surface area contributed by atoms with Crippen LogP contribution in [0.4, 0.5) is 5.69 Å². The minimum absolute atomic E-state index is 0.0297. The molecule has 0 bridgehead atoms. The number of carbonyl (C=O) groups excluding carboxylic acids is 1. The van der Waals surface area contributed by atoms with E-state index < -0.39 is 5.97 Å². The Bertz CT molecular complexity index is 458. The van der Waals surface area contributed by atoms with E-state index in [1.165, 1.54) is 6.20 Å². The molecule has 0 aliphatic carbocycles. The van der Waals surface area contributed by atoms with Crippen LogP contribution in [0.2, 0.25) is 0 Å². The molecule has 98 valence electrons. The van der Waals surface area contributed by atoms with Gasteiger partial charge in [0.1, 0.15) is 5.56 Å². The molecule has 18 heavy (non-hydrogen) atoms. The largest absolute Gasteiger partial charge is 0.478 e. The van der Waals surface area contributed by atoms with Gasteiger partial charge in [0.05, 0.1) is 12.2 Å². The van der Waals surface area contributed by atoms with Crippen molar-refractivity contribution in [1.29, 1.82) is 0 Å². The lowest BCUT2D eigenvalue weighted by Crippen LogP contribution is -2.35. The fraction of sp³-hybridized carbons (Fsp3) is 0.417. The molecule has 0 spiro atoms. The highest BCUT2D eigenvalue weighted by molar-refractivity contribution is 5.94. The smallest absolute Gasteiger partial charge is 0.339 e. The average Bonchev–Trinajstić information content (AvgIpc) is 2.25. The highest BCUT2D eigenvalue weighted by atomic mass is 16.4. The van der Waals surface area contributed by atoms with Crippen LogP contribution in [0, 0.1) is 6.92 Å². The molecule has 0 radical (unpaired) electrons. The third kappa shape index (κ3) is 4.04. The van der Waals surface area contributed by atoms with Crippen LogP contribution in [-0.4, -0.2) is 34.6 Å². The van der Waals surface area contributed by atoms with Crippen LogP contribution >= 0.6 is 0 Å². The fourth-order valence-electron chi connectivity index (χ4n) is 1.43. The van der Waals surface area contributed by atoms with Crippen molar-refractivity contribution in [3.63, 3.8) is 0 Å². The first-order chi connectivity index (χ1) is 8.40. The third-order valence-corrected chi connectivity index (χ3v) is 2.16. The number of anilines is 1. The van der Waals surface area contributed by atoms with Crippen LogP contribution in [0.5, 0.6) is 0 Å². The molecular formula is C12H17N3O3. The van der Waals surface area contributed by atoms with Gasteiger partial charge < -0.3 is 15.7 Å². The number of aromatic carboxylic acids is 1. The van der Waals surface area contributed by atoms with Crippen molar-refractivity contribution in [3.05, 3.63) is 23.5 Å². The van der Waals surface area contributed by atoms with Crippen LogP contribution < -0.4 is 10.6 Å². The van der Waals surface area contributed by atoms with Gasteiger partial charge in [-0.2, -0.15) is 0 Å². The SMILES string of the molecule is Cc1cc(NCC(=O)NC(C)C)c(C(=O)O)cn1. The van der Waals surface area contributed by atoms with Crippen LogP contribution in [0.3, 0.4) is 0 Å². The van der Waals surface area contributed by atoms with Crippen molar-refractivity contribution in [3.8, 4) is 0 Å². The predicted octanol–water partition coefficient (Wildman–Crippen LogP) is 1.02. The van der Waals surface area contributed by atoms with Gasteiger partial charge in [0.2, 0.25) is 5.91 Å². The molecule has 1 aromatic rings. The van der Waals surface area contributed by atoms with Crippen LogP contribution in [0.25, 0.3) is 0 Å². The number of nitrogens with one attached hydrogen (secondary N) is 2. The van der Waals surface area contributed by atoms with Gasteiger partial charge in [-0.1, -0.05) is 0 Å². The van der Waals surface area contributed by atoms with Gasteiger partial charge in [-0.3, -0.25) is 9.78 Å². The minimum Gasteiger partial charge on any atom is -0.478 e. The summed E-state index contributed by atoms with van der Waals surface area (Å²) in [5.41, 5.74) is 1.14. The lowest BCUT2D eigenvalue weighted by atomic mass is 10.2. The maximum Gasteiger partial charge on any atom is 0.339 e. The number of aryl methyl sites for hydroxylation is 1. The molecule has 6 heteroatoms. The van der Waals surface area contributed by atoms with E-state index in [2.05, 4.69) is 15.6 Å². The molecule has 1 heterocycles. The Morgan fingerprint density at radius 2 is 2.11 bits per heavy atom. The van der Waals surface area contributed by atoms with E-state index in [4.69, 9.17) is 5.11 Å². The minimum atomic E-state index is -1.07. The van der Waals surface area contributed by atoms with Crippen molar-refractivity contribution in [1.82, 2.24) is 10.3 Å². The zero-order valence-electron chi connectivity index (χ0n) is 10.7. The Hall–Kier alpha value is -2.11. The molecular weight excluding hydrogens is 234 g/mol. The van der Waals surface area contributed by atoms with Crippen molar-refractivity contribution in [2.45, 2.75) is 26.8 Å². The van der Waals surface area contributed by atoms with E-state index in [0.29, 0.717) is 11.4 Å². The number of aromatic nitrogens is 1. The summed E-state index contributed by atoms with van der Waals surface area (Å²) in [6.45, 7) is 5.50. The molecule has 0 fully saturated rings. The Morgan fingerprint density at radius 3 is 2.67 bits per heavy atom. The summed E-state index contributed by atoms with van der Waals surface area (Å²) in [4.78, 5) is 26.3. The molecule has 1 amide bonds. The number of amides is 1. The number of carbonyl (C=O) groups is 2. The molecule has 6 nitrogen and oxygen atoms in total. The second kappa shape index (κ2) is 6.00. The summed E-state index contributed by atoms with van der Waals surface area (Å²) in [5.74, 6) is -1.26. The van der Waals surface area contributed by atoms with Crippen molar-refractivity contribution in [2.24, 2.45) is 0 Å². The van der Waals surface area contributed by atoms with Gasteiger partial charge in [-0.15, -0.1) is 0 Å². The summed E-state index contributed by atoms with van der Waals surface area (Å²) in [5, 5.41) is 14.5. The highest BCUT2D eigenvalue weighted by Gasteiger charge is 2.12. The number of rotatable bonds is 5. The monoisotopic (exact) mass is 251 g/mol. The summed E-state index contributed by atoms with van der Waals surface area (Å²) < 4.78 is 0. The molecule has 0 aliphatic rings. The Labute approximate surface area is 105 Å². The summed E-state index contributed by atoms with van der Waals surface area (Å²) in [6.07, 6.45) is 1.28. The van der Waals surface area contributed by atoms with Gasteiger partial charge in [-0.05, 0) is 26.8 Å². The molecule has 0 aliphatic heterocycles. The quantitative estimate of drug-likeness (QED) is 0.727. The second-order valence-electron chi connectivity index (χ2n) is 4.25. The summed E-state index contributed by atoms with van der Waals surface area (Å²) >= 11 is 0. The van der Waals surface area contributed by atoms with Gasteiger partial charge in [0.15, 0.2) is 0 Å². The Morgan fingerprint density at radius 1 is 1.44 bits per heavy atom. The van der Waals surface area contributed by atoms with Crippen LogP contribution in [0.15, 0.2) is 12.3 Å². The maximum absolute atomic E-state index is 11.5. The molecule has 0 unspecified atom stereocenters. The van der Waals surface area contributed by atoms with E-state index >= 15 is 0 Å². The van der Waals surface area contributed by atoms with Crippen molar-refractivity contribution >= 4 is 17.6 Å². The number of hydrogen-bond donors (Lipinski definition) is 3. The standard InChI is InChI=1S/C12H17N3O3/c1-7(2)15-11(16)6-14-10-4-8(3)13-5-9(10)12(17)18/h4-5,7H,6H2,1-3H3,(H,13,14)(H,15,16)(H,17,18). The van der Waals surface area contributed by atoms with Gasteiger partial charge in [0.25, 0.3) is 0 Å². The average molecular weight is 251 g/mol. The molecule has 1 aromatic heterocycles. The normalized spacial score (nSPS) is 10.2. The lowest BCUT2D eigenvalue weighted by Gasteiger charge is -2.12. The zero-order chi connectivity index (χ0) is 13.7. The van der Waals surface area contributed by atoms with Crippen LogP contribution in [0.1, 0.15) is 29.9 Å². The Kier molecular flexibility index (Phi) is 4.65. The number of hydrogen-bond acceptors (Lipinski definition) is 4. The number of carboxylic acids is 1. The summed E-state index contributed by atoms with van der Waals surface area (Å²) in [7, 11) is 0. The molecule has 0 saturated heterocycles. The topological polar surface area (TPSA) is 91.3 Å². The van der Waals surface area contributed by atoms with E-state index in [9.17, 15) is 9.59 Å². The van der Waals surface area contributed by atoms with E-state index in [1.54, 1.807) is 13.0 Å². The molecule has 0 saturated carbocycles. The number of carboxylic acid groups (broad SMARTS) is 1. The first-order valence-corrected chi connectivity index (χ1v) is 5.63. The predicted molar refractivity (Wildman–Crippen MR) is 67.7 cm³/mol. The second-order valence-corrected chi connectivity index (χ2v) is 4.25. The first-order valence-electron chi connectivity index (χ1n) is 5.63. The Balaban J connectivity index is 2.74. The molecule has 0 atom stereocenters. The molecule has 3 N–H and O–H groups in total.